The molecule has 0 radical (unpaired) electrons. The van der Waals surface area contributed by atoms with Crippen LogP contribution >= 0.6 is 0 Å². The van der Waals surface area contributed by atoms with Gasteiger partial charge in [-0.2, -0.15) is 0 Å². The minimum atomic E-state index is -0.640. The van der Waals surface area contributed by atoms with Crippen LogP contribution in [0.2, 0.25) is 0 Å². The summed E-state index contributed by atoms with van der Waals surface area (Å²) >= 11 is 0. The minimum Gasteiger partial charge on any atom is -0.444 e. The summed E-state index contributed by atoms with van der Waals surface area (Å²) in [6.07, 6.45) is 1.56. The lowest BCUT2D eigenvalue weighted by molar-refractivity contribution is 0.0218. The van der Waals surface area contributed by atoms with E-state index < -0.39 is 23.1 Å². The number of nitrogens with zero attached hydrogens (tertiary/aromatic N) is 1. The van der Waals surface area contributed by atoms with Crippen LogP contribution in [0, 0.1) is 5.82 Å². The molecule has 1 aliphatic heterocycles. The van der Waals surface area contributed by atoms with Gasteiger partial charge in [0, 0.05) is 18.6 Å². The van der Waals surface area contributed by atoms with E-state index in [1.165, 1.54) is 18.2 Å². The Labute approximate surface area is 184 Å². The van der Waals surface area contributed by atoms with Crippen LogP contribution in [0.25, 0.3) is 0 Å². The molecular formula is C23H36FN3O4. The van der Waals surface area contributed by atoms with E-state index in [4.69, 9.17) is 9.47 Å². The molecule has 31 heavy (non-hydrogen) atoms. The highest BCUT2D eigenvalue weighted by molar-refractivity contribution is 5.89. The fraction of sp³-hybridized carbons (Fsp3) is 0.652. The molecule has 1 aromatic carbocycles. The monoisotopic (exact) mass is 437 g/mol. The van der Waals surface area contributed by atoms with Crippen molar-refractivity contribution in [3.63, 3.8) is 0 Å². The number of rotatable bonds is 5. The highest BCUT2D eigenvalue weighted by atomic mass is 19.1. The molecule has 8 heteroatoms. The third-order valence-corrected chi connectivity index (χ3v) is 4.65. The Bertz CT molecular complexity index is 786. The number of hydrogen-bond donors (Lipinski definition) is 2. The lowest BCUT2D eigenvalue weighted by atomic mass is 10.1. The van der Waals surface area contributed by atoms with E-state index in [0.29, 0.717) is 24.3 Å². The third-order valence-electron chi connectivity index (χ3n) is 4.65. The van der Waals surface area contributed by atoms with E-state index in [9.17, 15) is 14.0 Å². The van der Waals surface area contributed by atoms with Gasteiger partial charge in [0.1, 0.15) is 17.0 Å². The summed E-state index contributed by atoms with van der Waals surface area (Å²) in [6, 6.07) is 4.08. The standard InChI is InChI=1S/C23H36FN3O4/c1-15(13-17-9-8-12-27(17)21(29)31-23(5,6)7)25-19-14-16(24)10-11-18(19)26-20(28)30-22(2,3)4/h10-11,14-15,17,25H,8-9,12-13H2,1-7H3,(H,26,28). The average molecular weight is 438 g/mol. The van der Waals surface area contributed by atoms with Crippen LogP contribution in [0.1, 0.15) is 67.7 Å². The number of hydrogen-bond acceptors (Lipinski definition) is 5. The molecule has 7 nitrogen and oxygen atoms in total. The van der Waals surface area contributed by atoms with Gasteiger partial charge in [-0.15, -0.1) is 0 Å². The molecule has 2 amide bonds. The molecule has 0 bridgehead atoms. The maximum atomic E-state index is 13.9. The second kappa shape index (κ2) is 9.75. The van der Waals surface area contributed by atoms with Crippen molar-refractivity contribution in [2.75, 3.05) is 17.2 Å². The highest BCUT2D eigenvalue weighted by Gasteiger charge is 2.33. The molecule has 0 saturated carbocycles. The van der Waals surface area contributed by atoms with Crippen molar-refractivity contribution >= 4 is 23.6 Å². The fourth-order valence-corrected chi connectivity index (χ4v) is 3.53. The van der Waals surface area contributed by atoms with E-state index in [0.717, 1.165) is 12.8 Å². The first kappa shape index (κ1) is 24.8. The molecule has 1 heterocycles. The van der Waals surface area contributed by atoms with Gasteiger partial charge in [-0.25, -0.2) is 14.0 Å². The summed E-state index contributed by atoms with van der Waals surface area (Å²) in [6.45, 7) is 13.5. The van der Waals surface area contributed by atoms with E-state index in [1.807, 2.05) is 27.7 Å². The van der Waals surface area contributed by atoms with Crippen molar-refractivity contribution in [2.45, 2.75) is 91.0 Å². The predicted octanol–water partition coefficient (Wildman–Crippen LogP) is 5.76. The Kier molecular flexibility index (Phi) is 7.78. The first-order valence-electron chi connectivity index (χ1n) is 10.8. The molecular weight excluding hydrogens is 401 g/mol. The van der Waals surface area contributed by atoms with Crippen molar-refractivity contribution in [1.82, 2.24) is 4.90 Å². The summed E-state index contributed by atoms with van der Waals surface area (Å²) in [4.78, 5) is 26.4. The first-order chi connectivity index (χ1) is 14.2. The normalized spacial score (nSPS) is 17.8. The molecule has 1 aliphatic rings. The smallest absolute Gasteiger partial charge is 0.412 e. The van der Waals surface area contributed by atoms with Crippen LogP contribution in [0.5, 0.6) is 0 Å². The third kappa shape index (κ3) is 8.26. The van der Waals surface area contributed by atoms with Crippen LogP contribution < -0.4 is 10.6 Å². The van der Waals surface area contributed by atoms with Gasteiger partial charge in [0.05, 0.1) is 11.4 Å². The second-order valence-corrected chi connectivity index (χ2v) is 10.1. The number of carbonyl (C=O) groups is 2. The van der Waals surface area contributed by atoms with Crippen LogP contribution in [-0.2, 0) is 9.47 Å². The fourth-order valence-electron chi connectivity index (χ4n) is 3.53. The van der Waals surface area contributed by atoms with Gasteiger partial charge < -0.3 is 19.7 Å². The molecule has 174 valence electrons. The first-order valence-corrected chi connectivity index (χ1v) is 10.8. The number of nitrogens with one attached hydrogen (secondary N) is 2. The Morgan fingerprint density at radius 2 is 1.77 bits per heavy atom. The predicted molar refractivity (Wildman–Crippen MR) is 120 cm³/mol. The molecule has 0 aliphatic carbocycles. The van der Waals surface area contributed by atoms with Crippen LogP contribution in [0.4, 0.5) is 25.4 Å². The van der Waals surface area contributed by atoms with Gasteiger partial charge in [0.25, 0.3) is 0 Å². The van der Waals surface area contributed by atoms with E-state index in [2.05, 4.69) is 10.6 Å². The maximum absolute atomic E-state index is 13.9. The topological polar surface area (TPSA) is 79.9 Å². The molecule has 1 saturated heterocycles. The minimum absolute atomic E-state index is 0.0353. The number of ether oxygens (including phenoxy) is 2. The van der Waals surface area contributed by atoms with Gasteiger partial charge in [-0.3, -0.25) is 5.32 Å². The zero-order valence-electron chi connectivity index (χ0n) is 19.7. The van der Waals surface area contributed by atoms with Crippen molar-refractivity contribution < 1.29 is 23.5 Å². The van der Waals surface area contributed by atoms with Crippen molar-refractivity contribution in [3.05, 3.63) is 24.0 Å². The Balaban J connectivity index is 2.04. The Morgan fingerprint density at radius 3 is 2.39 bits per heavy atom. The van der Waals surface area contributed by atoms with Crippen molar-refractivity contribution in [1.29, 1.82) is 0 Å². The summed E-state index contributed by atoms with van der Waals surface area (Å²) in [5.74, 6) is -0.416. The number of benzene rings is 1. The lowest BCUT2D eigenvalue weighted by Gasteiger charge is -2.30. The number of anilines is 2. The highest BCUT2D eigenvalue weighted by Crippen LogP contribution is 2.28. The van der Waals surface area contributed by atoms with E-state index >= 15 is 0 Å². The zero-order valence-corrected chi connectivity index (χ0v) is 19.7. The van der Waals surface area contributed by atoms with Gasteiger partial charge in [0.15, 0.2) is 0 Å². The number of amides is 2. The SMILES string of the molecule is CC(CC1CCCN1C(=O)OC(C)(C)C)Nc1cc(F)ccc1NC(=O)OC(C)(C)C. The van der Waals surface area contributed by atoms with Crippen LogP contribution in [0.15, 0.2) is 18.2 Å². The summed E-state index contributed by atoms with van der Waals surface area (Å²) in [5.41, 5.74) is -0.297. The number of carbonyl (C=O) groups excluding carboxylic acids is 2. The molecule has 0 spiro atoms. The van der Waals surface area contributed by atoms with E-state index in [1.54, 1.807) is 25.7 Å². The largest absolute Gasteiger partial charge is 0.444 e. The van der Waals surface area contributed by atoms with Gasteiger partial charge in [-0.05, 0) is 85.9 Å². The zero-order chi connectivity index (χ0) is 23.4. The number of halogens is 1. The quantitative estimate of drug-likeness (QED) is 0.612. The molecule has 0 aromatic heterocycles. The molecule has 2 unspecified atom stereocenters. The maximum Gasteiger partial charge on any atom is 0.412 e. The van der Waals surface area contributed by atoms with E-state index in [-0.39, 0.29) is 18.2 Å². The lowest BCUT2D eigenvalue weighted by Crippen LogP contribution is -2.41. The molecule has 1 aromatic rings. The molecule has 1 fully saturated rings. The Hall–Kier alpha value is -2.51. The Morgan fingerprint density at radius 1 is 1.13 bits per heavy atom. The molecule has 2 rings (SSSR count). The van der Waals surface area contributed by atoms with Crippen LogP contribution in [0.3, 0.4) is 0 Å². The summed E-state index contributed by atoms with van der Waals surface area (Å²) in [7, 11) is 0. The van der Waals surface area contributed by atoms with Crippen molar-refractivity contribution in [3.8, 4) is 0 Å². The van der Waals surface area contributed by atoms with Gasteiger partial charge >= 0.3 is 12.2 Å². The van der Waals surface area contributed by atoms with Crippen molar-refractivity contribution in [2.24, 2.45) is 0 Å². The summed E-state index contributed by atoms with van der Waals surface area (Å²) < 4.78 is 24.7. The number of likely N-dealkylation sites (tertiary alicyclic amines) is 1. The summed E-state index contributed by atoms with van der Waals surface area (Å²) in [5, 5.41) is 5.94. The average Bonchev–Trinajstić information content (AvgIpc) is 3.02. The molecule has 2 atom stereocenters. The second-order valence-electron chi connectivity index (χ2n) is 10.1. The molecule has 2 N–H and O–H groups in total. The van der Waals surface area contributed by atoms with Gasteiger partial charge in [0.2, 0.25) is 0 Å². The van der Waals surface area contributed by atoms with Gasteiger partial charge in [-0.1, -0.05) is 0 Å². The van der Waals surface area contributed by atoms with Crippen LogP contribution in [-0.4, -0.2) is 46.9 Å².